The van der Waals surface area contributed by atoms with Crippen LogP contribution in [-0.2, 0) is 0 Å². The highest BCUT2D eigenvalue weighted by molar-refractivity contribution is 6.11. The zero-order valence-corrected chi connectivity index (χ0v) is 26.6. The van der Waals surface area contributed by atoms with Gasteiger partial charge < -0.3 is 9.47 Å². The van der Waals surface area contributed by atoms with E-state index in [1.54, 1.807) is 0 Å². The van der Waals surface area contributed by atoms with Crippen LogP contribution in [0.25, 0.3) is 61.0 Å². The molecule has 7 aromatic carbocycles. The largest absolute Gasteiger partial charge is 0.453 e. The Kier molecular flexibility index (Phi) is 5.57. The van der Waals surface area contributed by atoms with Crippen LogP contribution >= 0.6 is 0 Å². The predicted molar refractivity (Wildman–Crippen MR) is 200 cm³/mol. The first kappa shape index (κ1) is 27.1. The van der Waals surface area contributed by atoms with Gasteiger partial charge in [-0.05, 0) is 77.9 Å². The van der Waals surface area contributed by atoms with Crippen molar-refractivity contribution in [2.75, 3.05) is 4.90 Å². The molecule has 2 aliphatic rings. The number of ether oxygens (including phenoxy) is 2. The summed E-state index contributed by atoms with van der Waals surface area (Å²) in [4.78, 5) is 12.4. The van der Waals surface area contributed by atoms with Gasteiger partial charge in [-0.1, -0.05) is 91.0 Å². The molecule has 9 aromatic rings. The minimum absolute atomic E-state index is 0.696. The SMILES string of the molecule is c1ccc(-c2nc(-n3c4ccccc4c4cc(-c5cc6c7c(c5)Oc5ccccc5N7c5ccccc5O6)ccc43)c3ccccc3n2)cc1. The molecule has 234 valence electrons. The number of benzene rings is 7. The van der Waals surface area contributed by atoms with Gasteiger partial charge >= 0.3 is 0 Å². The molecule has 0 saturated carbocycles. The van der Waals surface area contributed by atoms with Gasteiger partial charge in [0.1, 0.15) is 11.5 Å². The van der Waals surface area contributed by atoms with E-state index in [2.05, 4.69) is 100 Å². The number of hydrogen-bond donors (Lipinski definition) is 0. The number of hydrogen-bond acceptors (Lipinski definition) is 5. The van der Waals surface area contributed by atoms with Crippen LogP contribution in [0, 0.1) is 0 Å². The first-order chi connectivity index (χ1) is 24.8. The Morgan fingerprint density at radius 1 is 0.420 bits per heavy atom. The van der Waals surface area contributed by atoms with E-state index in [-0.39, 0.29) is 0 Å². The second-order valence-electron chi connectivity index (χ2n) is 12.6. The Morgan fingerprint density at radius 2 is 1.04 bits per heavy atom. The minimum atomic E-state index is 0.696. The zero-order valence-electron chi connectivity index (χ0n) is 26.6. The number of aromatic nitrogens is 3. The van der Waals surface area contributed by atoms with Gasteiger partial charge in [0, 0.05) is 21.7 Å². The fourth-order valence-electron chi connectivity index (χ4n) is 7.52. The maximum absolute atomic E-state index is 6.57. The topological polar surface area (TPSA) is 52.4 Å². The van der Waals surface area contributed by atoms with Crippen molar-refractivity contribution in [3.8, 4) is 51.3 Å². The van der Waals surface area contributed by atoms with E-state index in [4.69, 9.17) is 19.4 Å². The molecule has 0 amide bonds. The molecule has 0 aliphatic carbocycles. The van der Waals surface area contributed by atoms with Gasteiger partial charge in [-0.3, -0.25) is 9.47 Å². The first-order valence-electron chi connectivity index (χ1n) is 16.7. The molecule has 2 aliphatic heterocycles. The highest BCUT2D eigenvalue weighted by Crippen LogP contribution is 2.60. The molecule has 0 saturated heterocycles. The second-order valence-corrected chi connectivity index (χ2v) is 12.6. The summed E-state index contributed by atoms with van der Waals surface area (Å²) in [5.41, 5.74) is 9.00. The third-order valence-electron chi connectivity index (χ3n) is 9.75. The van der Waals surface area contributed by atoms with Crippen molar-refractivity contribution < 1.29 is 9.47 Å². The second kappa shape index (κ2) is 10.3. The average Bonchev–Trinajstić information content (AvgIpc) is 3.51. The summed E-state index contributed by atoms with van der Waals surface area (Å²) >= 11 is 0. The van der Waals surface area contributed by atoms with Gasteiger partial charge in [0.2, 0.25) is 0 Å². The highest BCUT2D eigenvalue weighted by atomic mass is 16.5. The Labute approximate surface area is 287 Å². The fraction of sp³-hybridized carbons (Fsp3) is 0. The lowest BCUT2D eigenvalue weighted by Gasteiger charge is -2.38. The molecular formula is C44H26N4O2. The highest BCUT2D eigenvalue weighted by Gasteiger charge is 2.35. The number of fused-ring (bicyclic) bond motifs is 8. The number of anilines is 3. The fourth-order valence-corrected chi connectivity index (χ4v) is 7.52. The Balaban J connectivity index is 1.12. The summed E-state index contributed by atoms with van der Waals surface area (Å²) < 4.78 is 15.4. The van der Waals surface area contributed by atoms with Crippen molar-refractivity contribution in [1.82, 2.24) is 14.5 Å². The molecule has 0 unspecified atom stereocenters. The monoisotopic (exact) mass is 642 g/mol. The molecule has 6 heteroatoms. The van der Waals surface area contributed by atoms with Crippen molar-refractivity contribution in [3.05, 3.63) is 158 Å². The summed E-state index contributed by atoms with van der Waals surface area (Å²) in [6, 6.07) is 54.2. The maximum Gasteiger partial charge on any atom is 0.162 e. The molecule has 4 heterocycles. The van der Waals surface area contributed by atoms with Crippen LogP contribution in [0.5, 0.6) is 23.0 Å². The first-order valence-corrected chi connectivity index (χ1v) is 16.7. The van der Waals surface area contributed by atoms with Crippen molar-refractivity contribution in [2.45, 2.75) is 0 Å². The summed E-state index contributed by atoms with van der Waals surface area (Å²) in [6.45, 7) is 0. The van der Waals surface area contributed by atoms with Crippen molar-refractivity contribution in [3.63, 3.8) is 0 Å². The van der Waals surface area contributed by atoms with Crippen LogP contribution in [0.15, 0.2) is 158 Å². The van der Waals surface area contributed by atoms with E-state index < -0.39 is 0 Å². The lowest BCUT2D eigenvalue weighted by atomic mass is 9.99. The van der Waals surface area contributed by atoms with Crippen LogP contribution in [0.1, 0.15) is 0 Å². The van der Waals surface area contributed by atoms with Crippen molar-refractivity contribution in [2.24, 2.45) is 0 Å². The van der Waals surface area contributed by atoms with Crippen LogP contribution in [0.4, 0.5) is 17.1 Å². The molecule has 0 atom stereocenters. The Morgan fingerprint density at radius 3 is 1.80 bits per heavy atom. The number of nitrogens with zero attached hydrogens (tertiary/aromatic N) is 4. The standard InChI is InChI=1S/C44H26N4O2/c1-2-12-27(13-3-1)43-45-33-16-6-4-15-31(33)44(46-43)48-34-17-7-5-14-30(34)32-24-28(22-23-35(32)48)29-25-40-42-41(26-29)50-39-21-11-9-19-37(39)47(42)36-18-8-10-20-38(36)49-40/h1-26H. The molecule has 0 radical (unpaired) electrons. The summed E-state index contributed by atoms with van der Waals surface area (Å²) in [5.74, 6) is 4.69. The van der Waals surface area contributed by atoms with Gasteiger partial charge in [0.25, 0.3) is 0 Å². The van der Waals surface area contributed by atoms with E-state index in [1.807, 2.05) is 66.7 Å². The van der Waals surface area contributed by atoms with Crippen LogP contribution in [-0.4, -0.2) is 14.5 Å². The number of rotatable bonds is 3. The summed E-state index contributed by atoms with van der Waals surface area (Å²) in [7, 11) is 0. The molecule has 2 aromatic heterocycles. The Hall–Kier alpha value is -6.92. The minimum Gasteiger partial charge on any atom is -0.453 e. The summed E-state index contributed by atoms with van der Waals surface area (Å²) in [6.07, 6.45) is 0. The third-order valence-corrected chi connectivity index (χ3v) is 9.75. The van der Waals surface area contributed by atoms with Crippen molar-refractivity contribution >= 4 is 49.8 Å². The maximum atomic E-state index is 6.57. The van der Waals surface area contributed by atoms with Gasteiger partial charge in [-0.25, -0.2) is 9.97 Å². The molecular weight excluding hydrogens is 617 g/mol. The van der Waals surface area contributed by atoms with Gasteiger partial charge in [0.15, 0.2) is 28.8 Å². The van der Waals surface area contributed by atoms with Crippen LogP contribution in [0.2, 0.25) is 0 Å². The normalized spacial score (nSPS) is 12.7. The zero-order chi connectivity index (χ0) is 32.8. The molecule has 0 bridgehead atoms. The van der Waals surface area contributed by atoms with E-state index in [0.717, 1.165) is 95.3 Å². The quantitative estimate of drug-likeness (QED) is 0.192. The molecule has 11 rings (SSSR count). The molecule has 50 heavy (non-hydrogen) atoms. The summed E-state index contributed by atoms with van der Waals surface area (Å²) in [5, 5.41) is 3.27. The molecule has 0 fully saturated rings. The van der Waals surface area contributed by atoms with Gasteiger partial charge in [0.05, 0.1) is 27.9 Å². The van der Waals surface area contributed by atoms with Crippen LogP contribution in [0.3, 0.4) is 0 Å². The van der Waals surface area contributed by atoms with E-state index >= 15 is 0 Å². The molecule has 6 nitrogen and oxygen atoms in total. The van der Waals surface area contributed by atoms with Crippen LogP contribution < -0.4 is 14.4 Å². The number of para-hydroxylation sites is 6. The smallest absolute Gasteiger partial charge is 0.162 e. The van der Waals surface area contributed by atoms with E-state index in [1.165, 1.54) is 0 Å². The van der Waals surface area contributed by atoms with Gasteiger partial charge in [-0.2, -0.15) is 0 Å². The Bertz CT molecular complexity index is 2770. The van der Waals surface area contributed by atoms with E-state index in [0.29, 0.717) is 5.82 Å². The van der Waals surface area contributed by atoms with E-state index in [9.17, 15) is 0 Å². The van der Waals surface area contributed by atoms with Crippen molar-refractivity contribution in [1.29, 1.82) is 0 Å². The molecule has 0 N–H and O–H groups in total. The average molecular weight is 643 g/mol. The lowest BCUT2D eigenvalue weighted by molar-refractivity contribution is 0.446. The lowest BCUT2D eigenvalue weighted by Crippen LogP contribution is -2.20. The molecule has 0 spiro atoms. The third kappa shape index (κ3) is 3.90. The van der Waals surface area contributed by atoms with Gasteiger partial charge in [-0.15, -0.1) is 0 Å². The predicted octanol–water partition coefficient (Wildman–Crippen LogP) is 11.7.